The minimum atomic E-state index is 0.0523. The highest BCUT2D eigenvalue weighted by molar-refractivity contribution is 6.00. The number of piperidine rings is 1. The number of carbonyl (C=O) groups excluding carboxylic acids is 1. The molecule has 2 aromatic rings. The molecule has 3 aliphatic heterocycles. The van der Waals surface area contributed by atoms with Gasteiger partial charge < -0.3 is 15.0 Å². The number of hydrogen-bond donors (Lipinski definition) is 1. The summed E-state index contributed by atoms with van der Waals surface area (Å²) in [6.45, 7) is 2.81. The average Bonchev–Trinajstić information content (AvgIpc) is 3.16. The van der Waals surface area contributed by atoms with E-state index in [2.05, 4.69) is 21.7 Å². The fraction of sp³-hybridized carbons (Fsp3) is 0.500. The molecular formula is C18H21N5O2. The van der Waals surface area contributed by atoms with Gasteiger partial charge in [0.15, 0.2) is 0 Å². The number of para-hydroxylation sites is 1. The summed E-state index contributed by atoms with van der Waals surface area (Å²) in [5.74, 6) is 0.0944. The molecule has 0 aliphatic carbocycles. The van der Waals surface area contributed by atoms with Gasteiger partial charge in [0.05, 0.1) is 41.9 Å². The van der Waals surface area contributed by atoms with Crippen LogP contribution in [0, 0.1) is 0 Å². The van der Waals surface area contributed by atoms with Crippen molar-refractivity contribution in [3.63, 3.8) is 0 Å². The molecule has 1 aromatic carbocycles. The lowest BCUT2D eigenvalue weighted by atomic mass is 9.96. The lowest BCUT2D eigenvalue weighted by Gasteiger charge is -2.41. The van der Waals surface area contributed by atoms with Crippen LogP contribution in [0.25, 0.3) is 0 Å². The standard InChI is InChI=1S/C18H21N5O2/c24-18(14-5-1-3-12-4-2-7-19-17(12)14)22-8-6-16-15(10-22)23-13(11-25-16)9-20-21-23/h1,3,5,9,15-16,19H,2,4,6-8,10-11H2/t15-,16+/m0/s1. The first kappa shape index (κ1) is 14.9. The van der Waals surface area contributed by atoms with Gasteiger partial charge in [0.25, 0.3) is 5.91 Å². The van der Waals surface area contributed by atoms with E-state index in [-0.39, 0.29) is 18.1 Å². The first-order valence-electron chi connectivity index (χ1n) is 8.97. The van der Waals surface area contributed by atoms with E-state index in [1.807, 2.05) is 21.7 Å². The number of benzene rings is 1. The number of hydrogen-bond acceptors (Lipinski definition) is 5. The van der Waals surface area contributed by atoms with E-state index >= 15 is 0 Å². The molecule has 25 heavy (non-hydrogen) atoms. The van der Waals surface area contributed by atoms with Gasteiger partial charge in [0.2, 0.25) is 0 Å². The Hall–Kier alpha value is -2.41. The molecule has 130 valence electrons. The molecule has 3 aliphatic rings. The molecule has 4 heterocycles. The largest absolute Gasteiger partial charge is 0.384 e. The number of ether oxygens (including phenoxy) is 1. The molecule has 1 N–H and O–H groups in total. The highest BCUT2D eigenvalue weighted by Crippen LogP contribution is 2.32. The monoisotopic (exact) mass is 339 g/mol. The number of likely N-dealkylation sites (tertiary alicyclic amines) is 1. The minimum absolute atomic E-state index is 0.0523. The summed E-state index contributed by atoms with van der Waals surface area (Å²) in [6.07, 6.45) is 4.84. The number of amides is 1. The van der Waals surface area contributed by atoms with Crippen molar-refractivity contribution in [2.45, 2.75) is 38.0 Å². The van der Waals surface area contributed by atoms with Gasteiger partial charge in [0, 0.05) is 19.6 Å². The van der Waals surface area contributed by atoms with E-state index in [4.69, 9.17) is 4.74 Å². The molecule has 1 fully saturated rings. The second-order valence-electron chi connectivity index (χ2n) is 7.00. The molecule has 0 saturated carbocycles. The SMILES string of the molecule is O=C(c1cccc2c1NCCC2)N1CC[C@H]2OCc3cnnn3[C@H]2C1. The predicted molar refractivity (Wildman–Crippen MR) is 91.4 cm³/mol. The average molecular weight is 339 g/mol. The molecule has 1 aromatic heterocycles. The van der Waals surface area contributed by atoms with E-state index in [1.165, 1.54) is 5.56 Å². The minimum Gasteiger partial charge on any atom is -0.384 e. The molecule has 1 saturated heterocycles. The Kier molecular flexibility index (Phi) is 3.48. The number of aromatic nitrogens is 3. The van der Waals surface area contributed by atoms with Crippen LogP contribution in [0.15, 0.2) is 24.4 Å². The van der Waals surface area contributed by atoms with Crippen molar-refractivity contribution >= 4 is 11.6 Å². The summed E-state index contributed by atoms with van der Waals surface area (Å²) in [5.41, 5.74) is 4.02. The molecule has 2 atom stereocenters. The molecular weight excluding hydrogens is 318 g/mol. The topological polar surface area (TPSA) is 72.3 Å². The van der Waals surface area contributed by atoms with Crippen LogP contribution < -0.4 is 5.32 Å². The summed E-state index contributed by atoms with van der Waals surface area (Å²) < 4.78 is 7.88. The van der Waals surface area contributed by atoms with Crippen molar-refractivity contribution in [2.75, 3.05) is 25.0 Å². The van der Waals surface area contributed by atoms with Crippen molar-refractivity contribution in [2.24, 2.45) is 0 Å². The summed E-state index contributed by atoms with van der Waals surface area (Å²) >= 11 is 0. The fourth-order valence-corrected chi connectivity index (χ4v) is 4.22. The van der Waals surface area contributed by atoms with Crippen molar-refractivity contribution in [3.8, 4) is 0 Å². The highest BCUT2D eigenvalue weighted by atomic mass is 16.5. The number of carbonyl (C=O) groups is 1. The lowest BCUT2D eigenvalue weighted by molar-refractivity contribution is -0.0604. The maximum absolute atomic E-state index is 13.2. The maximum Gasteiger partial charge on any atom is 0.256 e. The molecule has 1 amide bonds. The first-order valence-corrected chi connectivity index (χ1v) is 8.97. The van der Waals surface area contributed by atoms with Crippen molar-refractivity contribution in [1.29, 1.82) is 0 Å². The van der Waals surface area contributed by atoms with E-state index in [1.54, 1.807) is 6.20 Å². The molecule has 0 bridgehead atoms. The van der Waals surface area contributed by atoms with Crippen LogP contribution in [-0.2, 0) is 17.8 Å². The quantitative estimate of drug-likeness (QED) is 0.855. The zero-order valence-corrected chi connectivity index (χ0v) is 14.0. The smallest absolute Gasteiger partial charge is 0.256 e. The summed E-state index contributed by atoms with van der Waals surface area (Å²) in [6, 6.07) is 6.09. The third-order valence-corrected chi connectivity index (χ3v) is 5.52. The number of fused-ring (bicyclic) bond motifs is 4. The third kappa shape index (κ3) is 2.41. The van der Waals surface area contributed by atoms with E-state index in [0.29, 0.717) is 19.7 Å². The third-order valence-electron chi connectivity index (χ3n) is 5.52. The van der Waals surface area contributed by atoms with E-state index < -0.39 is 0 Å². The van der Waals surface area contributed by atoms with Crippen LogP contribution in [-0.4, -0.2) is 51.5 Å². The molecule has 5 rings (SSSR count). The van der Waals surface area contributed by atoms with Gasteiger partial charge in [-0.2, -0.15) is 0 Å². The summed E-state index contributed by atoms with van der Waals surface area (Å²) in [4.78, 5) is 15.1. The first-order chi connectivity index (χ1) is 12.3. The predicted octanol–water partition coefficient (Wildman–Crippen LogP) is 1.62. The Bertz CT molecular complexity index is 818. The zero-order valence-electron chi connectivity index (χ0n) is 14.0. The second-order valence-corrected chi connectivity index (χ2v) is 7.00. The van der Waals surface area contributed by atoms with Crippen molar-refractivity contribution < 1.29 is 9.53 Å². The zero-order chi connectivity index (χ0) is 16.8. The van der Waals surface area contributed by atoms with Crippen molar-refractivity contribution in [3.05, 3.63) is 41.2 Å². The van der Waals surface area contributed by atoms with Gasteiger partial charge in [-0.05, 0) is 30.9 Å². The summed E-state index contributed by atoms with van der Waals surface area (Å²) in [5, 5.41) is 11.6. The Morgan fingerprint density at radius 3 is 3.28 bits per heavy atom. The van der Waals surface area contributed by atoms with Gasteiger partial charge in [0.1, 0.15) is 0 Å². The molecule has 7 nitrogen and oxygen atoms in total. The van der Waals surface area contributed by atoms with Gasteiger partial charge in [-0.15, -0.1) is 5.10 Å². The Morgan fingerprint density at radius 1 is 1.36 bits per heavy atom. The van der Waals surface area contributed by atoms with Gasteiger partial charge in [-0.25, -0.2) is 4.68 Å². The number of nitrogens with zero attached hydrogens (tertiary/aromatic N) is 4. The number of rotatable bonds is 1. The number of aryl methyl sites for hydroxylation is 1. The van der Waals surface area contributed by atoms with E-state index in [9.17, 15) is 4.79 Å². The van der Waals surface area contributed by atoms with Crippen LogP contribution in [0.4, 0.5) is 5.69 Å². The van der Waals surface area contributed by atoms with Crippen LogP contribution in [0.3, 0.4) is 0 Å². The van der Waals surface area contributed by atoms with Crippen molar-refractivity contribution in [1.82, 2.24) is 19.9 Å². The number of anilines is 1. The number of nitrogens with one attached hydrogen (secondary N) is 1. The van der Waals surface area contributed by atoms with Gasteiger partial charge in [-0.1, -0.05) is 17.3 Å². The second kappa shape index (κ2) is 5.84. The highest BCUT2D eigenvalue weighted by Gasteiger charge is 2.38. The van der Waals surface area contributed by atoms with Crippen LogP contribution in [0.1, 0.15) is 40.5 Å². The van der Waals surface area contributed by atoms with E-state index in [0.717, 1.165) is 42.8 Å². The molecule has 0 radical (unpaired) electrons. The van der Waals surface area contributed by atoms with Crippen LogP contribution >= 0.6 is 0 Å². The Labute approximate surface area is 146 Å². The maximum atomic E-state index is 13.2. The Morgan fingerprint density at radius 2 is 2.32 bits per heavy atom. The lowest BCUT2D eigenvalue weighted by Crippen LogP contribution is -2.50. The normalized spacial score (nSPS) is 24.7. The van der Waals surface area contributed by atoms with Crippen LogP contribution in [0.5, 0.6) is 0 Å². The Balaban J connectivity index is 1.43. The molecule has 7 heteroatoms. The van der Waals surface area contributed by atoms with Gasteiger partial charge >= 0.3 is 0 Å². The molecule has 0 spiro atoms. The van der Waals surface area contributed by atoms with Gasteiger partial charge in [-0.3, -0.25) is 4.79 Å². The van der Waals surface area contributed by atoms with Crippen LogP contribution in [0.2, 0.25) is 0 Å². The molecule has 0 unspecified atom stereocenters. The summed E-state index contributed by atoms with van der Waals surface area (Å²) in [7, 11) is 0. The fourth-order valence-electron chi connectivity index (χ4n) is 4.22.